The second-order valence-electron chi connectivity index (χ2n) is 7.16. The Morgan fingerprint density at radius 1 is 1.00 bits per heavy atom. The number of anilines is 1. The van der Waals surface area contributed by atoms with Gasteiger partial charge in [0.2, 0.25) is 0 Å². The standard InChI is InChI=1S/C24H18N4O2S/c29-22(27-24-26-12-13-31-24)21(16-6-2-1-3-7-16)28-15-18-10-9-17(14-19(18)23(28)30)20-8-4-5-11-25-20/h1-14,21H,15H2,(H,26,27,29). The number of carbonyl (C=O) groups is 2. The number of hydrogen-bond acceptors (Lipinski definition) is 5. The van der Waals surface area contributed by atoms with E-state index >= 15 is 0 Å². The quantitative estimate of drug-likeness (QED) is 0.508. The molecule has 1 unspecified atom stereocenters. The highest BCUT2D eigenvalue weighted by molar-refractivity contribution is 7.13. The minimum Gasteiger partial charge on any atom is -0.318 e. The number of thiazole rings is 1. The van der Waals surface area contributed by atoms with E-state index < -0.39 is 6.04 Å². The lowest BCUT2D eigenvalue weighted by molar-refractivity contribution is -0.120. The number of pyridine rings is 1. The molecule has 0 spiro atoms. The Morgan fingerprint density at radius 3 is 2.58 bits per heavy atom. The van der Waals surface area contributed by atoms with Crippen LogP contribution in [0.4, 0.5) is 5.13 Å². The highest BCUT2D eigenvalue weighted by Crippen LogP contribution is 2.34. The maximum Gasteiger partial charge on any atom is 0.255 e. The van der Waals surface area contributed by atoms with E-state index in [0.29, 0.717) is 17.2 Å². The van der Waals surface area contributed by atoms with Crippen LogP contribution >= 0.6 is 11.3 Å². The molecule has 0 bridgehead atoms. The van der Waals surface area contributed by atoms with Gasteiger partial charge < -0.3 is 4.90 Å². The van der Waals surface area contributed by atoms with Crippen molar-refractivity contribution in [2.45, 2.75) is 12.6 Å². The van der Waals surface area contributed by atoms with Crippen molar-refractivity contribution in [3.8, 4) is 11.3 Å². The molecule has 1 atom stereocenters. The van der Waals surface area contributed by atoms with Crippen LogP contribution in [-0.4, -0.2) is 26.7 Å². The van der Waals surface area contributed by atoms with Gasteiger partial charge in [-0.05, 0) is 29.3 Å². The minimum atomic E-state index is -0.761. The van der Waals surface area contributed by atoms with Crippen molar-refractivity contribution >= 4 is 28.3 Å². The van der Waals surface area contributed by atoms with Gasteiger partial charge in [0, 0.05) is 35.4 Å². The first-order chi connectivity index (χ1) is 15.2. The predicted octanol–water partition coefficient (Wildman–Crippen LogP) is 4.54. The summed E-state index contributed by atoms with van der Waals surface area (Å²) in [5, 5.41) is 5.15. The van der Waals surface area contributed by atoms with E-state index in [1.165, 1.54) is 11.3 Å². The van der Waals surface area contributed by atoms with Gasteiger partial charge in [-0.15, -0.1) is 11.3 Å². The summed E-state index contributed by atoms with van der Waals surface area (Å²) in [6, 6.07) is 20.0. The largest absolute Gasteiger partial charge is 0.318 e. The van der Waals surface area contributed by atoms with Crippen LogP contribution in [0, 0.1) is 0 Å². The maximum atomic E-state index is 13.4. The Morgan fingerprint density at radius 2 is 1.84 bits per heavy atom. The third kappa shape index (κ3) is 3.71. The van der Waals surface area contributed by atoms with Crippen LogP contribution < -0.4 is 5.32 Å². The molecular weight excluding hydrogens is 408 g/mol. The molecule has 2 aromatic heterocycles. The minimum absolute atomic E-state index is 0.170. The van der Waals surface area contributed by atoms with Crippen LogP contribution in [0.15, 0.2) is 84.5 Å². The summed E-state index contributed by atoms with van der Waals surface area (Å²) < 4.78 is 0. The molecule has 0 fully saturated rings. The number of nitrogens with zero attached hydrogens (tertiary/aromatic N) is 3. The number of amides is 2. The van der Waals surface area contributed by atoms with Gasteiger partial charge in [-0.1, -0.05) is 48.5 Å². The smallest absolute Gasteiger partial charge is 0.255 e. The highest BCUT2D eigenvalue weighted by atomic mass is 32.1. The number of hydrogen-bond donors (Lipinski definition) is 1. The second-order valence-corrected chi connectivity index (χ2v) is 8.05. The Hall–Kier alpha value is -3.84. The molecule has 0 saturated heterocycles. The summed E-state index contributed by atoms with van der Waals surface area (Å²) in [5.74, 6) is -0.455. The molecule has 7 heteroatoms. The average molecular weight is 427 g/mol. The van der Waals surface area contributed by atoms with E-state index in [9.17, 15) is 9.59 Å². The zero-order chi connectivity index (χ0) is 21.2. The van der Waals surface area contributed by atoms with Gasteiger partial charge in [0.05, 0.1) is 5.69 Å². The van der Waals surface area contributed by atoms with E-state index in [1.54, 1.807) is 22.7 Å². The van der Waals surface area contributed by atoms with Crippen LogP contribution in [0.2, 0.25) is 0 Å². The molecule has 31 heavy (non-hydrogen) atoms. The summed E-state index contributed by atoms with van der Waals surface area (Å²) in [6.07, 6.45) is 3.36. The molecule has 0 radical (unpaired) electrons. The first-order valence-electron chi connectivity index (χ1n) is 9.81. The van der Waals surface area contributed by atoms with Crippen molar-refractivity contribution in [3.63, 3.8) is 0 Å². The predicted molar refractivity (Wildman–Crippen MR) is 119 cm³/mol. The van der Waals surface area contributed by atoms with Crippen LogP contribution in [-0.2, 0) is 11.3 Å². The molecule has 3 heterocycles. The van der Waals surface area contributed by atoms with Gasteiger partial charge in [-0.2, -0.15) is 0 Å². The molecule has 0 aliphatic carbocycles. The van der Waals surface area contributed by atoms with Crippen molar-refractivity contribution in [2.75, 3.05) is 5.32 Å². The molecule has 0 saturated carbocycles. The number of rotatable bonds is 5. The fourth-order valence-electron chi connectivity index (χ4n) is 3.79. The summed E-state index contributed by atoms with van der Waals surface area (Å²) in [4.78, 5) is 36.8. The van der Waals surface area contributed by atoms with Crippen molar-refractivity contribution in [2.24, 2.45) is 0 Å². The number of benzene rings is 2. The molecule has 4 aromatic rings. The number of carbonyl (C=O) groups excluding carboxylic acids is 2. The first-order valence-corrected chi connectivity index (χ1v) is 10.7. The second kappa shape index (κ2) is 8.12. The SMILES string of the molecule is O=C(Nc1nccs1)C(c1ccccc1)N1Cc2ccc(-c3ccccn3)cc2C1=O. The monoisotopic (exact) mass is 426 g/mol. The molecule has 1 aliphatic heterocycles. The zero-order valence-electron chi connectivity index (χ0n) is 16.4. The highest BCUT2D eigenvalue weighted by Gasteiger charge is 2.37. The lowest BCUT2D eigenvalue weighted by Crippen LogP contribution is -2.37. The van der Waals surface area contributed by atoms with Gasteiger partial charge in [0.25, 0.3) is 11.8 Å². The van der Waals surface area contributed by atoms with E-state index in [-0.39, 0.29) is 11.8 Å². The Labute approximate surface area is 183 Å². The van der Waals surface area contributed by atoms with Crippen molar-refractivity contribution in [1.82, 2.24) is 14.9 Å². The number of aromatic nitrogens is 2. The molecule has 2 aromatic carbocycles. The third-order valence-electron chi connectivity index (χ3n) is 5.24. The lowest BCUT2D eigenvalue weighted by Gasteiger charge is -2.27. The van der Waals surface area contributed by atoms with Crippen LogP contribution in [0.1, 0.15) is 27.5 Å². The molecule has 152 valence electrons. The molecule has 1 aliphatic rings. The molecule has 2 amide bonds. The van der Waals surface area contributed by atoms with E-state index in [1.807, 2.05) is 66.7 Å². The van der Waals surface area contributed by atoms with Crippen LogP contribution in [0.3, 0.4) is 0 Å². The summed E-state index contributed by atoms with van der Waals surface area (Å²) in [6.45, 7) is 0.363. The van der Waals surface area contributed by atoms with E-state index in [2.05, 4.69) is 15.3 Å². The molecular formula is C24H18N4O2S. The normalized spacial score (nSPS) is 13.7. The fourth-order valence-corrected chi connectivity index (χ4v) is 4.32. The van der Waals surface area contributed by atoms with Crippen molar-refractivity contribution in [1.29, 1.82) is 0 Å². The molecule has 1 N–H and O–H groups in total. The van der Waals surface area contributed by atoms with Gasteiger partial charge >= 0.3 is 0 Å². The van der Waals surface area contributed by atoms with Gasteiger partial charge in [-0.3, -0.25) is 19.9 Å². The van der Waals surface area contributed by atoms with E-state index in [0.717, 1.165) is 22.4 Å². The maximum absolute atomic E-state index is 13.4. The fraction of sp³-hybridized carbons (Fsp3) is 0.0833. The van der Waals surface area contributed by atoms with Gasteiger partial charge in [-0.25, -0.2) is 4.98 Å². The topological polar surface area (TPSA) is 75.2 Å². The zero-order valence-corrected chi connectivity index (χ0v) is 17.3. The number of fused-ring (bicyclic) bond motifs is 1. The van der Waals surface area contributed by atoms with E-state index in [4.69, 9.17) is 0 Å². The first kappa shape index (κ1) is 19.1. The van der Waals surface area contributed by atoms with Crippen molar-refractivity contribution < 1.29 is 9.59 Å². The van der Waals surface area contributed by atoms with Gasteiger partial charge in [0.15, 0.2) is 5.13 Å². The molecule has 6 nitrogen and oxygen atoms in total. The Bertz CT molecular complexity index is 1230. The van der Waals surface area contributed by atoms with Crippen LogP contribution in [0.5, 0.6) is 0 Å². The molecule has 5 rings (SSSR count). The van der Waals surface area contributed by atoms with Crippen LogP contribution in [0.25, 0.3) is 11.3 Å². The van der Waals surface area contributed by atoms with Gasteiger partial charge in [0.1, 0.15) is 6.04 Å². The number of nitrogens with one attached hydrogen (secondary N) is 1. The summed E-state index contributed by atoms with van der Waals surface area (Å²) in [7, 11) is 0. The summed E-state index contributed by atoms with van der Waals surface area (Å²) in [5.41, 5.74) is 3.93. The lowest BCUT2D eigenvalue weighted by atomic mass is 10.0. The van der Waals surface area contributed by atoms with Crippen molar-refractivity contribution in [3.05, 3.63) is 101 Å². The average Bonchev–Trinajstić information content (AvgIpc) is 3.43. The Kier molecular flexibility index (Phi) is 5.01. The Balaban J connectivity index is 1.49. The third-order valence-corrected chi connectivity index (χ3v) is 5.93. The summed E-state index contributed by atoms with van der Waals surface area (Å²) >= 11 is 1.34.